The first-order valence-electron chi connectivity index (χ1n) is 5.66. The molecule has 0 heterocycles. The summed E-state index contributed by atoms with van der Waals surface area (Å²) in [6.07, 6.45) is 1.59. The third kappa shape index (κ3) is 2.92. The Balaban J connectivity index is 2.97. The van der Waals surface area contributed by atoms with Gasteiger partial charge >= 0.3 is 0 Å². The molecule has 0 aromatic heterocycles. The van der Waals surface area contributed by atoms with Gasteiger partial charge in [0.25, 0.3) is 0 Å². The average molecular weight is 204 g/mol. The second-order valence-electron chi connectivity index (χ2n) is 4.36. The van der Waals surface area contributed by atoms with Crippen molar-refractivity contribution in [2.75, 3.05) is 0 Å². The Morgan fingerprint density at radius 3 is 2.53 bits per heavy atom. The van der Waals surface area contributed by atoms with Crippen molar-refractivity contribution in [1.82, 2.24) is 0 Å². The third-order valence-corrected chi connectivity index (χ3v) is 2.88. The number of benzene rings is 1. The Bertz CT molecular complexity index is 350. The van der Waals surface area contributed by atoms with Crippen LogP contribution in [0.25, 0.3) is 0 Å². The van der Waals surface area contributed by atoms with Crippen LogP contribution in [-0.4, -0.2) is 5.78 Å². The molecule has 1 aromatic rings. The predicted octanol–water partition coefficient (Wildman–Crippen LogP) is 3.33. The van der Waals surface area contributed by atoms with E-state index < -0.39 is 0 Å². The Morgan fingerprint density at radius 2 is 2.00 bits per heavy atom. The number of ketones is 1. The summed E-state index contributed by atoms with van der Waals surface area (Å²) in [5, 5.41) is 0. The molecule has 0 aliphatic heterocycles. The lowest BCUT2D eigenvalue weighted by Crippen LogP contribution is -2.12. The largest absolute Gasteiger partial charge is 0.299 e. The van der Waals surface area contributed by atoms with Crippen LogP contribution in [0, 0.1) is 12.8 Å². The minimum atomic E-state index is 0.134. The normalized spacial score (nSPS) is 10.7. The fourth-order valence-electron chi connectivity index (χ4n) is 1.73. The SMILES string of the molecule is CCc1cccc(C)c1CC(=O)C(C)C. The summed E-state index contributed by atoms with van der Waals surface area (Å²) < 4.78 is 0. The van der Waals surface area contributed by atoms with Crippen LogP contribution in [0.4, 0.5) is 0 Å². The summed E-state index contributed by atoms with van der Waals surface area (Å²) in [5.74, 6) is 0.466. The number of hydrogen-bond acceptors (Lipinski definition) is 1. The lowest BCUT2D eigenvalue weighted by Gasteiger charge is -2.11. The number of hydrogen-bond donors (Lipinski definition) is 0. The average Bonchev–Trinajstić information content (AvgIpc) is 2.20. The molecule has 0 saturated heterocycles. The maximum absolute atomic E-state index is 11.7. The molecule has 0 saturated carbocycles. The van der Waals surface area contributed by atoms with Crippen LogP contribution in [0.3, 0.4) is 0 Å². The van der Waals surface area contributed by atoms with Crippen molar-refractivity contribution < 1.29 is 4.79 Å². The molecule has 1 heteroatoms. The summed E-state index contributed by atoms with van der Waals surface area (Å²) in [6.45, 7) is 8.15. The topological polar surface area (TPSA) is 17.1 Å². The van der Waals surface area contributed by atoms with Crippen LogP contribution in [0.2, 0.25) is 0 Å². The van der Waals surface area contributed by atoms with E-state index in [0.29, 0.717) is 12.2 Å². The van der Waals surface area contributed by atoms with E-state index in [9.17, 15) is 4.79 Å². The summed E-state index contributed by atoms with van der Waals surface area (Å²) in [7, 11) is 0. The quantitative estimate of drug-likeness (QED) is 0.735. The molecule has 0 aliphatic carbocycles. The number of carbonyl (C=O) groups is 1. The Hall–Kier alpha value is -1.11. The minimum Gasteiger partial charge on any atom is -0.299 e. The van der Waals surface area contributed by atoms with Crippen molar-refractivity contribution in [2.45, 2.75) is 40.5 Å². The van der Waals surface area contributed by atoms with Gasteiger partial charge in [0.05, 0.1) is 0 Å². The number of Topliss-reactive ketones (excluding diaryl/α,β-unsaturated/α-hetero) is 1. The second-order valence-corrected chi connectivity index (χ2v) is 4.36. The summed E-state index contributed by atoms with van der Waals surface area (Å²) in [4.78, 5) is 11.7. The molecule has 0 amide bonds. The summed E-state index contributed by atoms with van der Waals surface area (Å²) in [6, 6.07) is 6.27. The third-order valence-electron chi connectivity index (χ3n) is 2.88. The Morgan fingerprint density at radius 1 is 1.33 bits per heavy atom. The molecular weight excluding hydrogens is 184 g/mol. The second kappa shape index (κ2) is 5.11. The zero-order valence-electron chi connectivity index (χ0n) is 10.1. The molecule has 0 aliphatic rings. The van der Waals surface area contributed by atoms with Crippen molar-refractivity contribution in [3.8, 4) is 0 Å². The fraction of sp³-hybridized carbons (Fsp3) is 0.500. The van der Waals surface area contributed by atoms with Gasteiger partial charge in [0.15, 0.2) is 0 Å². The predicted molar refractivity (Wildman–Crippen MR) is 64.1 cm³/mol. The van der Waals surface area contributed by atoms with Crippen LogP contribution >= 0.6 is 0 Å². The minimum absolute atomic E-state index is 0.134. The van der Waals surface area contributed by atoms with E-state index in [-0.39, 0.29) is 5.92 Å². The maximum Gasteiger partial charge on any atom is 0.139 e. The lowest BCUT2D eigenvalue weighted by molar-refractivity contribution is -0.121. The first kappa shape index (κ1) is 12.0. The van der Waals surface area contributed by atoms with Gasteiger partial charge in [-0.15, -0.1) is 0 Å². The Labute approximate surface area is 92.5 Å². The molecule has 0 bridgehead atoms. The molecule has 0 N–H and O–H groups in total. The maximum atomic E-state index is 11.7. The van der Waals surface area contributed by atoms with Crippen LogP contribution in [0.15, 0.2) is 18.2 Å². The zero-order chi connectivity index (χ0) is 11.4. The van der Waals surface area contributed by atoms with Gasteiger partial charge in [0, 0.05) is 12.3 Å². The Kier molecular flexibility index (Phi) is 4.07. The van der Waals surface area contributed by atoms with E-state index in [0.717, 1.165) is 6.42 Å². The molecule has 1 nitrogen and oxygen atoms in total. The van der Waals surface area contributed by atoms with Gasteiger partial charge in [-0.3, -0.25) is 4.79 Å². The lowest BCUT2D eigenvalue weighted by atomic mass is 9.93. The molecule has 0 spiro atoms. The van der Waals surface area contributed by atoms with E-state index in [2.05, 4.69) is 32.0 Å². The van der Waals surface area contributed by atoms with E-state index >= 15 is 0 Å². The smallest absolute Gasteiger partial charge is 0.139 e. The highest BCUT2D eigenvalue weighted by molar-refractivity contribution is 5.83. The monoisotopic (exact) mass is 204 g/mol. The van der Waals surface area contributed by atoms with Crippen LogP contribution in [0.1, 0.15) is 37.5 Å². The van der Waals surface area contributed by atoms with Gasteiger partial charge in [-0.2, -0.15) is 0 Å². The van der Waals surface area contributed by atoms with Gasteiger partial charge in [0.2, 0.25) is 0 Å². The van der Waals surface area contributed by atoms with Crippen molar-refractivity contribution in [2.24, 2.45) is 5.92 Å². The van der Waals surface area contributed by atoms with Crippen molar-refractivity contribution in [3.63, 3.8) is 0 Å². The standard InChI is InChI=1S/C14H20O/c1-5-12-8-6-7-11(4)13(12)9-14(15)10(2)3/h6-8,10H,5,9H2,1-4H3. The van der Waals surface area contributed by atoms with Gasteiger partial charge < -0.3 is 0 Å². The summed E-state index contributed by atoms with van der Waals surface area (Å²) in [5.41, 5.74) is 3.78. The molecule has 0 fully saturated rings. The number of rotatable bonds is 4. The van der Waals surface area contributed by atoms with Gasteiger partial charge in [-0.05, 0) is 30.0 Å². The molecule has 1 aromatic carbocycles. The highest BCUT2D eigenvalue weighted by atomic mass is 16.1. The van der Waals surface area contributed by atoms with E-state index in [1.165, 1.54) is 16.7 Å². The first-order chi connectivity index (χ1) is 7.06. The van der Waals surface area contributed by atoms with Crippen molar-refractivity contribution >= 4 is 5.78 Å². The van der Waals surface area contributed by atoms with Gasteiger partial charge in [-0.25, -0.2) is 0 Å². The highest BCUT2D eigenvalue weighted by Gasteiger charge is 2.12. The van der Waals surface area contributed by atoms with Gasteiger partial charge in [-0.1, -0.05) is 39.0 Å². The van der Waals surface area contributed by atoms with E-state index in [1.807, 2.05) is 13.8 Å². The molecule has 0 unspecified atom stereocenters. The van der Waals surface area contributed by atoms with Crippen molar-refractivity contribution in [1.29, 1.82) is 0 Å². The molecule has 15 heavy (non-hydrogen) atoms. The molecular formula is C14H20O. The highest BCUT2D eigenvalue weighted by Crippen LogP contribution is 2.17. The molecule has 1 rings (SSSR count). The fourth-order valence-corrected chi connectivity index (χ4v) is 1.73. The summed E-state index contributed by atoms with van der Waals surface area (Å²) >= 11 is 0. The van der Waals surface area contributed by atoms with E-state index in [1.54, 1.807) is 0 Å². The van der Waals surface area contributed by atoms with Gasteiger partial charge in [0.1, 0.15) is 5.78 Å². The van der Waals surface area contributed by atoms with Crippen molar-refractivity contribution in [3.05, 3.63) is 34.9 Å². The van der Waals surface area contributed by atoms with E-state index in [4.69, 9.17) is 0 Å². The number of carbonyl (C=O) groups excluding carboxylic acids is 1. The molecule has 0 radical (unpaired) electrons. The zero-order valence-corrected chi connectivity index (χ0v) is 10.1. The first-order valence-corrected chi connectivity index (χ1v) is 5.66. The molecule has 82 valence electrons. The van der Waals surface area contributed by atoms with Crippen LogP contribution < -0.4 is 0 Å². The number of aryl methyl sites for hydroxylation is 2. The molecule has 0 atom stereocenters. The van der Waals surface area contributed by atoms with Crippen LogP contribution in [0.5, 0.6) is 0 Å². The van der Waals surface area contributed by atoms with Crippen LogP contribution in [-0.2, 0) is 17.6 Å².